The first-order valence-electron chi connectivity index (χ1n) is 12.3. The summed E-state index contributed by atoms with van der Waals surface area (Å²) in [5, 5.41) is 4.78. The highest BCUT2D eigenvalue weighted by atomic mass is 35.5. The van der Waals surface area contributed by atoms with Crippen molar-refractivity contribution in [1.29, 1.82) is 0 Å². The summed E-state index contributed by atoms with van der Waals surface area (Å²) < 4.78 is 12.0. The summed E-state index contributed by atoms with van der Waals surface area (Å²) in [6, 6.07) is 19.0. The Labute approximate surface area is 226 Å². The van der Waals surface area contributed by atoms with Crippen molar-refractivity contribution in [3.05, 3.63) is 89.7 Å². The molecule has 1 aliphatic heterocycles. The SMILES string of the molecule is CN(C)C/C=C/C(=O)N1CCOc2c1ccc1ncnc(Nc3ccc(OCc4cccc(Cl)c4)cc3)c21. The molecule has 2 heterocycles. The van der Waals surface area contributed by atoms with Gasteiger partial charge in [0.25, 0.3) is 5.91 Å². The lowest BCUT2D eigenvalue weighted by Crippen LogP contribution is -2.37. The number of nitrogens with one attached hydrogen (secondary N) is 1. The molecule has 8 nitrogen and oxygen atoms in total. The lowest BCUT2D eigenvalue weighted by atomic mass is 10.1. The molecule has 1 N–H and O–H groups in total. The number of likely N-dealkylation sites (N-methyl/N-ethyl adjacent to an activating group) is 1. The first kappa shape index (κ1) is 25.5. The highest BCUT2D eigenvalue weighted by Gasteiger charge is 2.26. The fourth-order valence-corrected chi connectivity index (χ4v) is 4.38. The van der Waals surface area contributed by atoms with E-state index in [9.17, 15) is 4.79 Å². The number of carbonyl (C=O) groups excluding carboxylic acids is 1. The minimum absolute atomic E-state index is 0.0875. The number of benzene rings is 3. The Bertz CT molecular complexity index is 1470. The van der Waals surface area contributed by atoms with Crippen LogP contribution in [0.1, 0.15) is 5.56 Å². The molecule has 0 atom stereocenters. The number of nitrogens with zero attached hydrogens (tertiary/aromatic N) is 4. The Morgan fingerprint density at radius 3 is 2.79 bits per heavy atom. The number of carbonyl (C=O) groups is 1. The molecule has 0 saturated heterocycles. The fourth-order valence-electron chi connectivity index (χ4n) is 4.17. The van der Waals surface area contributed by atoms with Crippen LogP contribution in [0.3, 0.4) is 0 Å². The van der Waals surface area contributed by atoms with Crippen molar-refractivity contribution in [2.24, 2.45) is 0 Å². The van der Waals surface area contributed by atoms with E-state index < -0.39 is 0 Å². The van der Waals surface area contributed by atoms with Crippen molar-refractivity contribution < 1.29 is 14.3 Å². The van der Waals surface area contributed by atoms with E-state index in [0.717, 1.165) is 27.9 Å². The van der Waals surface area contributed by atoms with Gasteiger partial charge in [-0.2, -0.15) is 0 Å². The van der Waals surface area contributed by atoms with Crippen LogP contribution in [0.5, 0.6) is 11.5 Å². The van der Waals surface area contributed by atoms with Gasteiger partial charge in [0.1, 0.15) is 31.1 Å². The molecular formula is C29H28ClN5O3. The molecule has 0 fully saturated rings. The highest BCUT2D eigenvalue weighted by Crippen LogP contribution is 2.41. The van der Waals surface area contributed by atoms with Crippen molar-refractivity contribution in [3.8, 4) is 11.5 Å². The number of amides is 1. The van der Waals surface area contributed by atoms with E-state index >= 15 is 0 Å². The average Bonchev–Trinajstić information content (AvgIpc) is 2.92. The first-order valence-corrected chi connectivity index (χ1v) is 12.6. The zero-order chi connectivity index (χ0) is 26.5. The monoisotopic (exact) mass is 529 g/mol. The second-order valence-corrected chi connectivity index (χ2v) is 9.54. The Hall–Kier alpha value is -4.14. The smallest absolute Gasteiger partial charge is 0.250 e. The number of hydrogen-bond acceptors (Lipinski definition) is 7. The van der Waals surface area contributed by atoms with E-state index in [4.69, 9.17) is 21.1 Å². The predicted octanol–water partition coefficient (Wildman–Crippen LogP) is 5.45. The molecule has 38 heavy (non-hydrogen) atoms. The molecule has 0 bridgehead atoms. The number of halogens is 1. The van der Waals surface area contributed by atoms with E-state index in [1.807, 2.05) is 85.7 Å². The zero-order valence-corrected chi connectivity index (χ0v) is 22.0. The molecule has 0 radical (unpaired) electrons. The molecule has 194 valence electrons. The molecule has 1 aromatic heterocycles. The Morgan fingerprint density at radius 1 is 1.16 bits per heavy atom. The van der Waals surface area contributed by atoms with E-state index in [1.165, 1.54) is 6.33 Å². The van der Waals surface area contributed by atoms with Gasteiger partial charge in [0.15, 0.2) is 5.75 Å². The maximum Gasteiger partial charge on any atom is 0.250 e. The third kappa shape index (κ3) is 5.88. The van der Waals surface area contributed by atoms with Crippen LogP contribution in [0.4, 0.5) is 17.2 Å². The third-order valence-corrected chi connectivity index (χ3v) is 6.23. The number of hydrogen-bond donors (Lipinski definition) is 1. The molecular weight excluding hydrogens is 502 g/mol. The van der Waals surface area contributed by atoms with Crippen LogP contribution in [-0.4, -0.2) is 54.6 Å². The molecule has 0 saturated carbocycles. The summed E-state index contributed by atoms with van der Waals surface area (Å²) in [5.74, 6) is 1.83. The summed E-state index contributed by atoms with van der Waals surface area (Å²) in [6.07, 6.45) is 4.97. The largest absolute Gasteiger partial charge is 0.489 e. The molecule has 3 aromatic carbocycles. The van der Waals surface area contributed by atoms with Crippen LogP contribution in [0.2, 0.25) is 5.02 Å². The van der Waals surface area contributed by atoms with E-state index in [-0.39, 0.29) is 5.91 Å². The van der Waals surface area contributed by atoms with Gasteiger partial charge in [0.2, 0.25) is 0 Å². The molecule has 0 unspecified atom stereocenters. The highest BCUT2D eigenvalue weighted by molar-refractivity contribution is 6.30. The lowest BCUT2D eigenvalue weighted by Gasteiger charge is -2.30. The molecule has 9 heteroatoms. The first-order chi connectivity index (χ1) is 18.5. The van der Waals surface area contributed by atoms with Gasteiger partial charge in [-0.05, 0) is 68.2 Å². The van der Waals surface area contributed by atoms with Crippen LogP contribution in [0.25, 0.3) is 10.9 Å². The quantitative estimate of drug-likeness (QED) is 0.304. The molecule has 0 spiro atoms. The number of aromatic nitrogens is 2. The maximum atomic E-state index is 12.9. The van der Waals surface area contributed by atoms with Crippen LogP contribution in [0.15, 0.2) is 79.1 Å². The zero-order valence-electron chi connectivity index (χ0n) is 21.2. The van der Waals surface area contributed by atoms with Crippen molar-refractivity contribution >= 4 is 45.6 Å². The second kappa shape index (κ2) is 11.5. The van der Waals surface area contributed by atoms with Crippen LogP contribution >= 0.6 is 11.6 Å². The number of fused-ring (bicyclic) bond motifs is 3. The summed E-state index contributed by atoms with van der Waals surface area (Å²) in [6.45, 7) is 1.96. The second-order valence-electron chi connectivity index (χ2n) is 9.10. The molecule has 1 aliphatic rings. The fraction of sp³-hybridized carbons (Fsp3) is 0.207. The van der Waals surface area contributed by atoms with Crippen LogP contribution < -0.4 is 19.7 Å². The standard InChI is InChI=1S/C29H28ClN5O3/c1-34(2)14-4-7-26(36)35-15-16-37-28-25(35)13-12-24-27(28)29(32-19-31-24)33-22-8-10-23(11-9-22)38-18-20-5-3-6-21(30)17-20/h3-13,17,19H,14-16,18H2,1-2H3,(H,31,32,33)/b7-4+. The van der Waals surface area contributed by atoms with Crippen molar-refractivity contribution in [3.63, 3.8) is 0 Å². The van der Waals surface area contributed by atoms with Gasteiger partial charge < -0.3 is 24.6 Å². The van der Waals surface area contributed by atoms with Gasteiger partial charge in [0, 0.05) is 23.3 Å². The Kier molecular flexibility index (Phi) is 7.72. The summed E-state index contributed by atoms with van der Waals surface area (Å²) >= 11 is 6.06. The number of anilines is 3. The van der Waals surface area contributed by atoms with Crippen molar-refractivity contribution in [1.82, 2.24) is 14.9 Å². The number of ether oxygens (including phenoxy) is 2. The van der Waals surface area contributed by atoms with Gasteiger partial charge in [-0.1, -0.05) is 29.8 Å². The summed E-state index contributed by atoms with van der Waals surface area (Å²) in [5.41, 5.74) is 3.25. The molecule has 4 aromatic rings. The maximum absolute atomic E-state index is 12.9. The number of rotatable bonds is 8. The van der Waals surface area contributed by atoms with Crippen LogP contribution in [0, 0.1) is 0 Å². The van der Waals surface area contributed by atoms with Crippen LogP contribution in [-0.2, 0) is 11.4 Å². The predicted molar refractivity (Wildman–Crippen MR) is 151 cm³/mol. The van der Waals surface area contributed by atoms with Gasteiger partial charge in [0.05, 0.1) is 23.1 Å². The Balaban J connectivity index is 1.36. The molecule has 1 amide bonds. The average molecular weight is 530 g/mol. The van der Waals surface area contributed by atoms with Crippen molar-refractivity contribution in [2.45, 2.75) is 6.61 Å². The van der Waals surface area contributed by atoms with Gasteiger partial charge in [-0.3, -0.25) is 4.79 Å². The topological polar surface area (TPSA) is 79.8 Å². The molecule has 0 aliphatic carbocycles. The van der Waals surface area contributed by atoms with Crippen molar-refractivity contribution in [2.75, 3.05) is 44.0 Å². The van der Waals surface area contributed by atoms with Gasteiger partial charge >= 0.3 is 0 Å². The van der Waals surface area contributed by atoms with Gasteiger partial charge in [-0.25, -0.2) is 9.97 Å². The van der Waals surface area contributed by atoms with E-state index in [0.29, 0.717) is 48.6 Å². The Morgan fingerprint density at radius 2 is 2.00 bits per heavy atom. The normalized spacial score (nSPS) is 13.0. The van der Waals surface area contributed by atoms with E-state index in [1.54, 1.807) is 11.0 Å². The van der Waals surface area contributed by atoms with E-state index in [2.05, 4.69) is 15.3 Å². The lowest BCUT2D eigenvalue weighted by molar-refractivity contribution is -0.114. The minimum Gasteiger partial charge on any atom is -0.489 e. The third-order valence-electron chi connectivity index (χ3n) is 6.00. The van der Waals surface area contributed by atoms with Gasteiger partial charge in [-0.15, -0.1) is 0 Å². The summed E-state index contributed by atoms with van der Waals surface area (Å²) in [7, 11) is 3.92. The minimum atomic E-state index is -0.0875. The summed E-state index contributed by atoms with van der Waals surface area (Å²) in [4.78, 5) is 25.6. The molecule has 5 rings (SSSR count).